The Labute approximate surface area is 131 Å². The van der Waals surface area contributed by atoms with E-state index in [0.29, 0.717) is 22.1 Å². The van der Waals surface area contributed by atoms with E-state index >= 15 is 0 Å². The quantitative estimate of drug-likeness (QED) is 0.863. The molecule has 1 aromatic heterocycles. The number of aliphatic carboxylic acids is 1. The van der Waals surface area contributed by atoms with E-state index in [1.165, 1.54) is 11.3 Å². The summed E-state index contributed by atoms with van der Waals surface area (Å²) in [7, 11) is 1.57. The van der Waals surface area contributed by atoms with Crippen LogP contribution in [0.1, 0.15) is 23.5 Å². The first-order valence-corrected chi connectivity index (χ1v) is 7.46. The van der Waals surface area contributed by atoms with Crippen LogP contribution in [-0.4, -0.2) is 24.0 Å². The van der Waals surface area contributed by atoms with Gasteiger partial charge < -0.3 is 20.0 Å². The van der Waals surface area contributed by atoms with E-state index in [0.717, 1.165) is 0 Å². The van der Waals surface area contributed by atoms with Crippen LogP contribution in [0.4, 0.5) is 5.69 Å². The molecule has 0 aliphatic rings. The van der Waals surface area contributed by atoms with Gasteiger partial charge in [-0.3, -0.25) is 4.79 Å². The van der Waals surface area contributed by atoms with Crippen molar-refractivity contribution in [2.24, 2.45) is 0 Å². The fourth-order valence-corrected chi connectivity index (χ4v) is 2.66. The zero-order chi connectivity index (χ0) is 16.1. The summed E-state index contributed by atoms with van der Waals surface area (Å²) >= 11 is 1.26. The van der Waals surface area contributed by atoms with Crippen molar-refractivity contribution in [2.45, 2.75) is 19.3 Å². The Kier molecular flexibility index (Phi) is 5.11. The number of methoxy groups -OCH3 is 1. The van der Waals surface area contributed by atoms with Gasteiger partial charge in [0, 0.05) is 23.5 Å². The van der Waals surface area contributed by atoms with Crippen LogP contribution >= 0.6 is 11.3 Å². The molecule has 0 fully saturated rings. The fraction of sp³-hybridized carbons (Fsp3) is 0.267. The van der Waals surface area contributed by atoms with Gasteiger partial charge in [-0.2, -0.15) is 0 Å². The third-order valence-electron chi connectivity index (χ3n) is 3.02. The molecule has 0 saturated heterocycles. The van der Waals surface area contributed by atoms with E-state index in [9.17, 15) is 14.7 Å². The molecule has 1 aromatic carbocycles. The van der Waals surface area contributed by atoms with Crippen molar-refractivity contribution < 1.29 is 19.4 Å². The summed E-state index contributed by atoms with van der Waals surface area (Å²) < 4.78 is 5.05. The summed E-state index contributed by atoms with van der Waals surface area (Å²) in [4.78, 5) is 26.9. The Morgan fingerprint density at radius 2 is 2.05 bits per heavy atom. The van der Waals surface area contributed by atoms with Gasteiger partial charge in [-0.1, -0.05) is 0 Å². The number of carboxylic acids is 1. The second-order valence-corrected chi connectivity index (χ2v) is 5.55. The maximum Gasteiger partial charge on any atom is 0.234 e. The van der Waals surface area contributed by atoms with E-state index < -0.39 is 11.9 Å². The maximum absolute atomic E-state index is 12.2. The number of thiazole rings is 1. The maximum atomic E-state index is 12.2. The molecule has 1 amide bonds. The lowest BCUT2D eigenvalue weighted by Gasteiger charge is -2.10. The Morgan fingerprint density at radius 3 is 2.64 bits per heavy atom. The number of nitrogens with one attached hydrogen (secondary N) is 1. The average Bonchev–Trinajstić information content (AvgIpc) is 2.94. The number of hydrogen-bond donors (Lipinski definition) is 1. The summed E-state index contributed by atoms with van der Waals surface area (Å²) in [5, 5.41) is 15.5. The van der Waals surface area contributed by atoms with Gasteiger partial charge in [0.1, 0.15) is 10.8 Å². The van der Waals surface area contributed by atoms with Crippen LogP contribution in [0.25, 0.3) is 0 Å². The molecule has 2 rings (SSSR count). The van der Waals surface area contributed by atoms with Gasteiger partial charge >= 0.3 is 0 Å². The number of nitrogens with zero attached hydrogens (tertiary/aromatic N) is 1. The van der Waals surface area contributed by atoms with Crippen molar-refractivity contribution in [1.82, 2.24) is 4.98 Å². The number of ether oxygens (including phenoxy) is 1. The first-order chi connectivity index (χ1) is 10.5. The molecule has 1 heterocycles. The summed E-state index contributed by atoms with van der Waals surface area (Å²) in [5.74, 6) is -1.16. The first kappa shape index (κ1) is 16.0. The Bertz CT molecular complexity index is 666. The average molecular weight is 319 g/mol. The third-order valence-corrected chi connectivity index (χ3v) is 4.09. The number of rotatable bonds is 6. The minimum absolute atomic E-state index is 0.209. The Morgan fingerprint density at radius 1 is 1.36 bits per heavy atom. The van der Waals surface area contributed by atoms with Gasteiger partial charge in [0.25, 0.3) is 0 Å². The minimum Gasteiger partial charge on any atom is -0.550 e. The van der Waals surface area contributed by atoms with Crippen LogP contribution < -0.4 is 15.2 Å². The standard InChI is InChI=1S/C15H16N2O4S/c1-9(15-17-11(8-22-15)7-13(18)19)14(20)16-10-3-5-12(21-2)6-4-10/h3-6,8-9H,7H2,1-2H3,(H,16,20)(H,18,19)/p-1/t9-/m0/s1. The van der Waals surface area contributed by atoms with Crippen LogP contribution in [0.2, 0.25) is 0 Å². The van der Waals surface area contributed by atoms with Gasteiger partial charge in [0.05, 0.1) is 18.7 Å². The van der Waals surface area contributed by atoms with Crippen molar-refractivity contribution in [3.63, 3.8) is 0 Å². The second-order valence-electron chi connectivity index (χ2n) is 4.67. The molecule has 116 valence electrons. The van der Waals surface area contributed by atoms with Crippen LogP contribution in [0, 0.1) is 0 Å². The van der Waals surface area contributed by atoms with Gasteiger partial charge in [-0.15, -0.1) is 11.3 Å². The van der Waals surface area contributed by atoms with Crippen molar-refractivity contribution in [2.75, 3.05) is 12.4 Å². The van der Waals surface area contributed by atoms with Gasteiger partial charge in [0.2, 0.25) is 5.91 Å². The molecule has 0 radical (unpaired) electrons. The number of hydrogen-bond acceptors (Lipinski definition) is 6. The highest BCUT2D eigenvalue weighted by atomic mass is 32.1. The molecule has 0 unspecified atom stereocenters. The molecule has 2 aromatic rings. The van der Waals surface area contributed by atoms with E-state index in [2.05, 4.69) is 10.3 Å². The lowest BCUT2D eigenvalue weighted by molar-refractivity contribution is -0.304. The topological polar surface area (TPSA) is 91.3 Å². The smallest absolute Gasteiger partial charge is 0.234 e. The molecule has 7 heteroatoms. The molecule has 1 atom stereocenters. The zero-order valence-corrected chi connectivity index (χ0v) is 13.0. The third kappa shape index (κ3) is 4.05. The molecule has 0 aliphatic heterocycles. The molecular formula is C15H15N2O4S-. The number of carbonyl (C=O) groups excluding carboxylic acids is 2. The van der Waals surface area contributed by atoms with Crippen LogP contribution in [0.15, 0.2) is 29.6 Å². The van der Waals surface area contributed by atoms with Crippen molar-refractivity contribution in [1.29, 1.82) is 0 Å². The number of anilines is 1. The first-order valence-electron chi connectivity index (χ1n) is 6.58. The van der Waals surface area contributed by atoms with Crippen molar-refractivity contribution in [3.8, 4) is 5.75 Å². The predicted octanol–water partition coefficient (Wildman–Crippen LogP) is 1.19. The van der Waals surface area contributed by atoms with E-state index in [-0.39, 0.29) is 12.3 Å². The molecule has 1 N–H and O–H groups in total. The summed E-state index contributed by atoms with van der Waals surface area (Å²) in [6.45, 7) is 1.72. The van der Waals surface area contributed by atoms with Crippen LogP contribution in [0.5, 0.6) is 5.75 Å². The highest BCUT2D eigenvalue weighted by Crippen LogP contribution is 2.23. The predicted molar refractivity (Wildman–Crippen MR) is 80.9 cm³/mol. The van der Waals surface area contributed by atoms with Crippen molar-refractivity contribution >= 4 is 28.9 Å². The number of carbonyl (C=O) groups is 2. The molecule has 6 nitrogen and oxygen atoms in total. The summed E-state index contributed by atoms with van der Waals surface area (Å²) in [6, 6.07) is 6.99. The Balaban J connectivity index is 2.01. The van der Waals surface area contributed by atoms with Crippen LogP contribution in [-0.2, 0) is 16.0 Å². The molecule has 0 aliphatic carbocycles. The van der Waals surface area contributed by atoms with Gasteiger partial charge in [-0.05, 0) is 31.2 Å². The number of aromatic nitrogens is 1. The molecule has 0 bridgehead atoms. The fourth-order valence-electron chi connectivity index (χ4n) is 1.79. The number of carboxylic acid groups (broad SMARTS) is 1. The normalized spacial score (nSPS) is 11.7. The van der Waals surface area contributed by atoms with E-state index in [4.69, 9.17) is 4.74 Å². The molecule has 22 heavy (non-hydrogen) atoms. The lowest BCUT2D eigenvalue weighted by atomic mass is 10.1. The molecule has 0 spiro atoms. The number of benzene rings is 1. The van der Waals surface area contributed by atoms with Gasteiger partial charge in [0.15, 0.2) is 0 Å². The molecular weight excluding hydrogens is 304 g/mol. The summed E-state index contributed by atoms with van der Waals surface area (Å²) in [6.07, 6.45) is -0.247. The highest BCUT2D eigenvalue weighted by molar-refractivity contribution is 7.09. The largest absolute Gasteiger partial charge is 0.550 e. The van der Waals surface area contributed by atoms with E-state index in [1.54, 1.807) is 43.7 Å². The lowest BCUT2D eigenvalue weighted by Crippen LogP contribution is -2.24. The molecule has 0 saturated carbocycles. The van der Waals surface area contributed by atoms with Crippen molar-refractivity contribution in [3.05, 3.63) is 40.3 Å². The Hall–Kier alpha value is -2.41. The minimum atomic E-state index is -1.19. The SMILES string of the molecule is COc1ccc(NC(=O)[C@H](C)c2nc(CC(=O)[O-])cs2)cc1. The second kappa shape index (κ2) is 7.04. The number of amides is 1. The zero-order valence-electron chi connectivity index (χ0n) is 12.2. The van der Waals surface area contributed by atoms with Crippen LogP contribution in [0.3, 0.4) is 0 Å². The summed E-state index contributed by atoms with van der Waals surface area (Å²) in [5.41, 5.74) is 1.06. The van der Waals surface area contributed by atoms with Gasteiger partial charge in [-0.25, -0.2) is 4.98 Å². The van der Waals surface area contributed by atoms with E-state index in [1.807, 2.05) is 0 Å². The monoisotopic (exact) mass is 319 g/mol. The highest BCUT2D eigenvalue weighted by Gasteiger charge is 2.19.